The van der Waals surface area contributed by atoms with E-state index >= 15 is 0 Å². The summed E-state index contributed by atoms with van der Waals surface area (Å²) in [5, 5.41) is 8.24. The predicted octanol–water partition coefficient (Wildman–Crippen LogP) is 4.06. The smallest absolute Gasteiger partial charge is 0.319 e. The number of hydrogen-bond acceptors (Lipinski definition) is 2. The Morgan fingerprint density at radius 1 is 0.793 bits per heavy atom. The van der Waals surface area contributed by atoms with Gasteiger partial charge in [0.05, 0.1) is 6.54 Å². The van der Waals surface area contributed by atoms with Crippen LogP contribution in [0.5, 0.6) is 0 Å². The summed E-state index contributed by atoms with van der Waals surface area (Å²) in [4.78, 5) is 24.3. The second-order valence-corrected chi connectivity index (χ2v) is 6.86. The first-order valence-corrected chi connectivity index (χ1v) is 9.60. The van der Waals surface area contributed by atoms with Crippen molar-refractivity contribution < 1.29 is 9.59 Å². The fourth-order valence-corrected chi connectivity index (χ4v) is 3.14. The molecule has 0 aliphatic heterocycles. The maximum absolute atomic E-state index is 12.3. The topological polar surface area (TPSA) is 70.2 Å². The van der Waals surface area contributed by atoms with Crippen molar-refractivity contribution in [1.82, 2.24) is 10.6 Å². The lowest BCUT2D eigenvalue weighted by molar-refractivity contribution is -0.120. The molecule has 0 aromatic heterocycles. The number of anilines is 1. The van der Waals surface area contributed by atoms with Crippen LogP contribution in [0.15, 0.2) is 84.9 Å². The molecule has 0 aliphatic carbocycles. The molecule has 5 nitrogen and oxygen atoms in total. The Morgan fingerprint density at radius 2 is 1.41 bits per heavy atom. The van der Waals surface area contributed by atoms with E-state index in [-0.39, 0.29) is 18.4 Å². The standard InChI is InChI=1S/C24H25N3O2/c1-18-9-8-14-21(15-18)27-24(29)26-17-23(28)25-16-22(19-10-4-2-5-11-19)20-12-6-3-7-13-20/h2-15,22H,16-17H2,1H3,(H,25,28)(H2,26,27,29). The van der Waals surface area contributed by atoms with Crippen LogP contribution in [0, 0.1) is 6.92 Å². The van der Waals surface area contributed by atoms with Crippen LogP contribution in [0.2, 0.25) is 0 Å². The van der Waals surface area contributed by atoms with E-state index in [4.69, 9.17) is 0 Å². The van der Waals surface area contributed by atoms with Gasteiger partial charge in [-0.25, -0.2) is 4.79 Å². The minimum atomic E-state index is -0.409. The van der Waals surface area contributed by atoms with Gasteiger partial charge in [0.2, 0.25) is 5.91 Å². The molecular formula is C24H25N3O2. The van der Waals surface area contributed by atoms with E-state index in [0.29, 0.717) is 12.2 Å². The molecule has 0 saturated carbocycles. The zero-order valence-corrected chi connectivity index (χ0v) is 16.4. The van der Waals surface area contributed by atoms with Gasteiger partial charge in [-0.1, -0.05) is 72.8 Å². The van der Waals surface area contributed by atoms with Crippen molar-refractivity contribution in [3.63, 3.8) is 0 Å². The third kappa shape index (κ3) is 6.21. The average Bonchev–Trinajstić information content (AvgIpc) is 2.74. The van der Waals surface area contributed by atoms with Gasteiger partial charge >= 0.3 is 6.03 Å². The maximum Gasteiger partial charge on any atom is 0.319 e. The lowest BCUT2D eigenvalue weighted by Gasteiger charge is -2.19. The Labute approximate surface area is 171 Å². The number of nitrogens with one attached hydrogen (secondary N) is 3. The summed E-state index contributed by atoms with van der Waals surface area (Å²) in [6, 6.07) is 27.2. The fourth-order valence-electron chi connectivity index (χ4n) is 3.14. The van der Waals surface area contributed by atoms with Gasteiger partial charge in [0.1, 0.15) is 0 Å². The van der Waals surface area contributed by atoms with E-state index in [1.54, 1.807) is 6.07 Å². The lowest BCUT2D eigenvalue weighted by Crippen LogP contribution is -2.40. The van der Waals surface area contributed by atoms with Crippen LogP contribution in [0.25, 0.3) is 0 Å². The van der Waals surface area contributed by atoms with Crippen molar-refractivity contribution in [2.24, 2.45) is 0 Å². The number of benzene rings is 3. The van der Waals surface area contributed by atoms with Gasteiger partial charge in [-0.3, -0.25) is 4.79 Å². The van der Waals surface area contributed by atoms with Gasteiger partial charge in [-0.2, -0.15) is 0 Å². The summed E-state index contributed by atoms with van der Waals surface area (Å²) in [6.07, 6.45) is 0. The first-order valence-electron chi connectivity index (χ1n) is 9.60. The van der Waals surface area contributed by atoms with Crippen molar-refractivity contribution in [2.45, 2.75) is 12.8 Å². The highest BCUT2D eigenvalue weighted by atomic mass is 16.2. The maximum atomic E-state index is 12.3. The van der Waals surface area contributed by atoms with E-state index in [2.05, 4.69) is 40.2 Å². The molecule has 0 spiro atoms. The molecule has 148 valence electrons. The summed E-state index contributed by atoms with van der Waals surface area (Å²) in [6.45, 7) is 2.31. The van der Waals surface area contributed by atoms with E-state index in [1.807, 2.05) is 61.5 Å². The molecule has 3 aromatic rings. The molecule has 0 aliphatic rings. The van der Waals surface area contributed by atoms with Gasteiger partial charge in [0, 0.05) is 18.2 Å². The number of hydrogen-bond donors (Lipinski definition) is 3. The average molecular weight is 387 g/mol. The van der Waals surface area contributed by atoms with E-state index in [0.717, 1.165) is 16.7 Å². The molecule has 0 saturated heterocycles. The Balaban J connectivity index is 1.53. The molecule has 3 N–H and O–H groups in total. The third-order valence-corrected chi connectivity index (χ3v) is 4.59. The molecule has 0 radical (unpaired) electrons. The zero-order valence-electron chi connectivity index (χ0n) is 16.4. The van der Waals surface area contributed by atoms with Crippen molar-refractivity contribution in [3.05, 3.63) is 102 Å². The Bertz CT molecular complexity index is 903. The first kappa shape index (κ1) is 20.1. The Kier molecular flexibility index (Phi) is 7.00. The summed E-state index contributed by atoms with van der Waals surface area (Å²) >= 11 is 0. The van der Waals surface area contributed by atoms with E-state index in [9.17, 15) is 9.59 Å². The largest absolute Gasteiger partial charge is 0.354 e. The highest BCUT2D eigenvalue weighted by Crippen LogP contribution is 2.23. The zero-order chi connectivity index (χ0) is 20.5. The van der Waals surface area contributed by atoms with Gasteiger partial charge in [-0.05, 0) is 35.7 Å². The number of amides is 3. The highest BCUT2D eigenvalue weighted by molar-refractivity contribution is 5.92. The van der Waals surface area contributed by atoms with Crippen molar-refractivity contribution in [1.29, 1.82) is 0 Å². The first-order chi connectivity index (χ1) is 14.1. The Morgan fingerprint density at radius 3 is 2.00 bits per heavy atom. The normalized spacial score (nSPS) is 10.4. The summed E-state index contributed by atoms with van der Waals surface area (Å²) in [5.74, 6) is -0.191. The molecule has 0 bridgehead atoms. The van der Waals surface area contributed by atoms with Crippen LogP contribution >= 0.6 is 0 Å². The number of urea groups is 1. The van der Waals surface area contributed by atoms with Crippen LogP contribution in [-0.2, 0) is 4.79 Å². The summed E-state index contributed by atoms with van der Waals surface area (Å²) < 4.78 is 0. The Hall–Kier alpha value is -3.60. The van der Waals surface area contributed by atoms with E-state index in [1.165, 1.54) is 0 Å². The summed E-state index contributed by atoms with van der Waals surface area (Å²) in [7, 11) is 0. The van der Waals surface area contributed by atoms with Gasteiger partial charge in [0.15, 0.2) is 0 Å². The number of carbonyl (C=O) groups excluding carboxylic acids is 2. The second kappa shape index (κ2) is 10.1. The molecule has 3 aromatic carbocycles. The van der Waals surface area contributed by atoms with Gasteiger partial charge < -0.3 is 16.0 Å². The molecule has 3 amide bonds. The van der Waals surface area contributed by atoms with Crippen LogP contribution in [0.3, 0.4) is 0 Å². The molecule has 29 heavy (non-hydrogen) atoms. The number of aryl methyl sites for hydroxylation is 1. The summed E-state index contributed by atoms with van der Waals surface area (Å²) in [5.41, 5.74) is 4.00. The highest BCUT2D eigenvalue weighted by Gasteiger charge is 2.15. The number of carbonyl (C=O) groups is 2. The monoisotopic (exact) mass is 387 g/mol. The predicted molar refractivity (Wildman–Crippen MR) is 116 cm³/mol. The second-order valence-electron chi connectivity index (χ2n) is 6.86. The van der Waals surface area contributed by atoms with Crippen molar-refractivity contribution in [2.75, 3.05) is 18.4 Å². The quantitative estimate of drug-likeness (QED) is 0.572. The van der Waals surface area contributed by atoms with Crippen LogP contribution in [0.1, 0.15) is 22.6 Å². The van der Waals surface area contributed by atoms with Crippen molar-refractivity contribution in [3.8, 4) is 0 Å². The molecule has 0 fully saturated rings. The molecule has 0 atom stereocenters. The lowest BCUT2D eigenvalue weighted by atomic mass is 9.91. The molecular weight excluding hydrogens is 362 g/mol. The van der Waals surface area contributed by atoms with Crippen LogP contribution in [-0.4, -0.2) is 25.0 Å². The van der Waals surface area contributed by atoms with Gasteiger partial charge in [0.25, 0.3) is 0 Å². The number of rotatable bonds is 7. The molecule has 0 heterocycles. The van der Waals surface area contributed by atoms with Crippen LogP contribution in [0.4, 0.5) is 10.5 Å². The molecule has 5 heteroatoms. The van der Waals surface area contributed by atoms with Crippen LogP contribution < -0.4 is 16.0 Å². The SMILES string of the molecule is Cc1cccc(NC(=O)NCC(=O)NCC(c2ccccc2)c2ccccc2)c1. The fraction of sp³-hybridized carbons (Fsp3) is 0.167. The van der Waals surface area contributed by atoms with E-state index < -0.39 is 6.03 Å². The third-order valence-electron chi connectivity index (χ3n) is 4.59. The van der Waals surface area contributed by atoms with Gasteiger partial charge in [-0.15, -0.1) is 0 Å². The molecule has 3 rings (SSSR count). The molecule has 0 unspecified atom stereocenters. The minimum absolute atomic E-state index is 0.0440. The minimum Gasteiger partial charge on any atom is -0.354 e. The van der Waals surface area contributed by atoms with Crippen molar-refractivity contribution >= 4 is 17.6 Å².